The molecule has 1 atom stereocenters. The van der Waals surface area contributed by atoms with Gasteiger partial charge in [-0.05, 0) is 69.7 Å². The van der Waals surface area contributed by atoms with E-state index in [1.165, 1.54) is 6.20 Å². The number of nitriles is 1. The van der Waals surface area contributed by atoms with E-state index in [0.29, 0.717) is 48.8 Å². The lowest BCUT2D eigenvalue weighted by molar-refractivity contribution is -0.136. The maximum atomic E-state index is 13.6. The summed E-state index contributed by atoms with van der Waals surface area (Å²) in [5, 5.41) is 30.9. The van der Waals surface area contributed by atoms with Gasteiger partial charge in [0.2, 0.25) is 5.91 Å². The van der Waals surface area contributed by atoms with Crippen molar-refractivity contribution in [2.75, 3.05) is 31.6 Å². The van der Waals surface area contributed by atoms with Crippen LogP contribution >= 0.6 is 0 Å². The van der Waals surface area contributed by atoms with E-state index in [2.05, 4.69) is 26.8 Å². The molecule has 3 aromatic rings. The highest BCUT2D eigenvalue weighted by atomic mass is 16.5. The van der Waals surface area contributed by atoms with E-state index >= 15 is 0 Å². The molecule has 0 spiro atoms. The van der Waals surface area contributed by atoms with Crippen LogP contribution in [0.4, 0.5) is 5.69 Å². The highest BCUT2D eigenvalue weighted by molar-refractivity contribution is 6.02. The standard InChI is InChI=1S/C29H33N7O4/c1-19(27(38)35-10-12-40-13-11-35)33-26(37)22-18-31-24(25-3-2-21-14-20(16-30)17-32-36(21)25)15-23(22)34-28-4-7-29(39,8-5-28)9-6-28/h2-3,14-15,17-19,39H,4-13H2,1H3,(H,31,34)(H,33,37)/t19-,28?,29?/m0/s1. The minimum Gasteiger partial charge on any atom is -0.390 e. The Hall–Kier alpha value is -4.01. The molecule has 0 radical (unpaired) electrons. The monoisotopic (exact) mass is 543 g/mol. The fourth-order valence-electron chi connectivity index (χ4n) is 6.17. The van der Waals surface area contributed by atoms with E-state index in [-0.39, 0.29) is 17.4 Å². The van der Waals surface area contributed by atoms with Crippen molar-refractivity contribution in [2.45, 2.75) is 62.6 Å². The van der Waals surface area contributed by atoms with Crippen molar-refractivity contribution >= 4 is 23.0 Å². The SMILES string of the molecule is C[C@H](NC(=O)c1cnc(-c2ccc3cc(C#N)cnn23)cc1NC12CCC(O)(CC1)CC2)C(=O)N1CCOCC1. The smallest absolute Gasteiger partial charge is 0.255 e. The Kier molecular flexibility index (Phi) is 6.68. The van der Waals surface area contributed by atoms with Gasteiger partial charge in [0, 0.05) is 24.8 Å². The van der Waals surface area contributed by atoms with Crippen molar-refractivity contribution in [3.05, 3.63) is 47.8 Å². The summed E-state index contributed by atoms with van der Waals surface area (Å²) < 4.78 is 7.06. The summed E-state index contributed by atoms with van der Waals surface area (Å²) in [5.41, 5.74) is 2.75. The van der Waals surface area contributed by atoms with Crippen LogP contribution in [-0.4, -0.2) is 79.9 Å². The van der Waals surface area contributed by atoms with Crippen LogP contribution in [0.2, 0.25) is 0 Å². The molecule has 4 heterocycles. The summed E-state index contributed by atoms with van der Waals surface area (Å²) in [4.78, 5) is 32.8. The topological polar surface area (TPSA) is 145 Å². The zero-order valence-electron chi connectivity index (χ0n) is 22.5. The Labute approximate surface area is 232 Å². The zero-order chi connectivity index (χ0) is 27.9. The second-order valence-electron chi connectivity index (χ2n) is 11.3. The number of aromatic nitrogens is 3. The molecule has 3 saturated carbocycles. The lowest BCUT2D eigenvalue weighted by Crippen LogP contribution is -2.54. The van der Waals surface area contributed by atoms with E-state index in [1.807, 2.05) is 18.2 Å². The maximum Gasteiger partial charge on any atom is 0.255 e. The van der Waals surface area contributed by atoms with Crippen molar-refractivity contribution in [2.24, 2.45) is 0 Å². The van der Waals surface area contributed by atoms with E-state index in [9.17, 15) is 20.0 Å². The van der Waals surface area contributed by atoms with E-state index in [0.717, 1.165) is 49.7 Å². The molecule has 40 heavy (non-hydrogen) atoms. The van der Waals surface area contributed by atoms with Gasteiger partial charge in [0.05, 0.1) is 58.7 Å². The molecule has 4 aliphatic rings. The molecule has 11 nitrogen and oxygen atoms in total. The molecule has 208 valence electrons. The molecule has 3 N–H and O–H groups in total. The summed E-state index contributed by atoms with van der Waals surface area (Å²) in [5.74, 6) is -0.525. The number of nitrogens with zero attached hydrogens (tertiary/aromatic N) is 5. The molecule has 2 bridgehead atoms. The largest absolute Gasteiger partial charge is 0.390 e. The summed E-state index contributed by atoms with van der Waals surface area (Å²) >= 11 is 0. The predicted molar refractivity (Wildman–Crippen MR) is 146 cm³/mol. The third-order valence-corrected chi connectivity index (χ3v) is 8.69. The van der Waals surface area contributed by atoms with Gasteiger partial charge < -0.3 is 25.4 Å². The van der Waals surface area contributed by atoms with Crippen LogP contribution in [0.1, 0.15) is 61.4 Å². The summed E-state index contributed by atoms with van der Waals surface area (Å²) in [6.45, 7) is 3.69. The van der Waals surface area contributed by atoms with Gasteiger partial charge in [-0.25, -0.2) is 4.52 Å². The summed E-state index contributed by atoms with van der Waals surface area (Å²) in [7, 11) is 0. The molecule has 4 fully saturated rings. The van der Waals surface area contributed by atoms with Crippen LogP contribution in [-0.2, 0) is 9.53 Å². The molecule has 0 unspecified atom stereocenters. The number of carbonyl (C=O) groups excluding carboxylic acids is 2. The number of hydrogen-bond donors (Lipinski definition) is 3. The fourth-order valence-corrected chi connectivity index (χ4v) is 6.17. The third-order valence-electron chi connectivity index (χ3n) is 8.69. The lowest BCUT2D eigenvalue weighted by atomic mass is 9.63. The molecule has 7 rings (SSSR count). The van der Waals surface area contributed by atoms with Crippen LogP contribution in [0.3, 0.4) is 0 Å². The Morgan fingerprint density at radius 1 is 1.10 bits per heavy atom. The number of rotatable bonds is 6. The fraction of sp³-hybridized carbons (Fsp3) is 0.483. The first-order valence-corrected chi connectivity index (χ1v) is 13.8. The van der Waals surface area contributed by atoms with Crippen LogP contribution in [0.15, 0.2) is 36.7 Å². The second-order valence-corrected chi connectivity index (χ2v) is 11.3. The quantitative estimate of drug-likeness (QED) is 0.430. The molecule has 1 aliphatic heterocycles. The van der Waals surface area contributed by atoms with E-state index < -0.39 is 11.6 Å². The number of carbonyl (C=O) groups is 2. The van der Waals surface area contributed by atoms with Gasteiger partial charge >= 0.3 is 0 Å². The summed E-state index contributed by atoms with van der Waals surface area (Å²) in [6, 6.07) is 8.78. The minimum atomic E-state index is -0.705. The van der Waals surface area contributed by atoms with Crippen molar-refractivity contribution in [3.8, 4) is 17.5 Å². The number of amides is 2. The molecule has 3 aromatic heterocycles. The van der Waals surface area contributed by atoms with Crippen molar-refractivity contribution in [3.63, 3.8) is 0 Å². The molecule has 2 amide bonds. The van der Waals surface area contributed by atoms with Crippen LogP contribution in [0.5, 0.6) is 0 Å². The number of morpholine rings is 1. The molecule has 1 saturated heterocycles. The first-order valence-electron chi connectivity index (χ1n) is 13.8. The average molecular weight is 544 g/mol. The van der Waals surface area contributed by atoms with Gasteiger partial charge in [-0.3, -0.25) is 14.6 Å². The van der Waals surface area contributed by atoms with Crippen LogP contribution < -0.4 is 10.6 Å². The van der Waals surface area contributed by atoms with Gasteiger partial charge in [-0.15, -0.1) is 0 Å². The number of nitrogens with one attached hydrogen (secondary N) is 2. The number of pyridine rings is 1. The van der Waals surface area contributed by atoms with Crippen molar-refractivity contribution in [1.82, 2.24) is 24.8 Å². The molecular formula is C29H33N7O4. The van der Waals surface area contributed by atoms with Crippen molar-refractivity contribution < 1.29 is 19.4 Å². The maximum absolute atomic E-state index is 13.6. The van der Waals surface area contributed by atoms with Gasteiger partial charge in [0.25, 0.3) is 5.91 Å². The van der Waals surface area contributed by atoms with Gasteiger partial charge in [0.15, 0.2) is 0 Å². The number of ether oxygens (including phenoxy) is 1. The molecular weight excluding hydrogens is 510 g/mol. The van der Waals surface area contributed by atoms with E-state index in [1.54, 1.807) is 28.6 Å². The zero-order valence-corrected chi connectivity index (χ0v) is 22.5. The van der Waals surface area contributed by atoms with Gasteiger partial charge in [-0.2, -0.15) is 10.4 Å². The predicted octanol–water partition coefficient (Wildman–Crippen LogP) is 2.49. The lowest BCUT2D eigenvalue weighted by Gasteiger charge is -2.51. The highest BCUT2D eigenvalue weighted by Gasteiger charge is 2.48. The van der Waals surface area contributed by atoms with Gasteiger partial charge in [0.1, 0.15) is 12.1 Å². The summed E-state index contributed by atoms with van der Waals surface area (Å²) in [6.07, 6.45) is 7.63. The van der Waals surface area contributed by atoms with E-state index in [4.69, 9.17) is 4.74 Å². The van der Waals surface area contributed by atoms with Crippen LogP contribution in [0, 0.1) is 11.3 Å². The Balaban J connectivity index is 1.32. The molecule has 11 heteroatoms. The number of fused-ring (bicyclic) bond motifs is 4. The Morgan fingerprint density at radius 3 is 2.52 bits per heavy atom. The molecule has 3 aliphatic carbocycles. The first-order chi connectivity index (χ1) is 19.3. The average Bonchev–Trinajstić information content (AvgIpc) is 3.41. The Morgan fingerprint density at radius 2 is 1.82 bits per heavy atom. The molecule has 0 aromatic carbocycles. The minimum absolute atomic E-state index is 0.143. The number of anilines is 1. The number of hydrogen-bond acceptors (Lipinski definition) is 8. The van der Waals surface area contributed by atoms with Crippen LogP contribution in [0.25, 0.3) is 16.9 Å². The number of aliphatic hydroxyl groups is 1. The second kappa shape index (κ2) is 10.2. The van der Waals surface area contributed by atoms with Gasteiger partial charge in [-0.1, -0.05) is 0 Å². The first kappa shape index (κ1) is 26.2. The van der Waals surface area contributed by atoms with Crippen molar-refractivity contribution in [1.29, 1.82) is 5.26 Å². The Bertz CT molecular complexity index is 1480. The normalized spacial score (nSPS) is 24.9. The highest BCUT2D eigenvalue weighted by Crippen LogP contribution is 2.48. The third kappa shape index (κ3) is 4.89.